The van der Waals surface area contributed by atoms with Crippen LogP contribution in [0, 0.1) is 10.8 Å². The first-order chi connectivity index (χ1) is 20.9. The summed E-state index contributed by atoms with van der Waals surface area (Å²) in [5.41, 5.74) is 7.27. The topological polar surface area (TPSA) is 196 Å². The number of ether oxygens (including phenoxy) is 3. The van der Waals surface area contributed by atoms with Crippen LogP contribution >= 0.6 is 0 Å². The van der Waals surface area contributed by atoms with Crippen molar-refractivity contribution in [2.45, 2.75) is 32.1 Å². The number of halogens is 6. The Hall–Kier alpha value is -5.03. The summed E-state index contributed by atoms with van der Waals surface area (Å²) in [6.45, 7) is 4.33. The van der Waals surface area contributed by atoms with E-state index in [1.165, 1.54) is 0 Å². The molecule has 2 aromatic carbocycles. The van der Waals surface area contributed by atoms with E-state index in [9.17, 15) is 31.1 Å². The zero-order chi connectivity index (χ0) is 34.4. The second-order valence-corrected chi connectivity index (χ2v) is 8.72. The molecule has 0 saturated carbocycles. The number of nitrogens with one attached hydrogen (secondary N) is 2. The Bertz CT molecular complexity index is 1300. The average molecular weight is 653 g/mol. The molecule has 1 aliphatic heterocycles. The maximum atomic E-state index is 12.3. The number of rotatable bonds is 9. The van der Waals surface area contributed by atoms with Crippen molar-refractivity contribution in [1.29, 1.82) is 10.8 Å². The summed E-state index contributed by atoms with van der Waals surface area (Å²) >= 11 is 0. The monoisotopic (exact) mass is 652 g/mol. The van der Waals surface area contributed by atoms with Gasteiger partial charge in [0.05, 0.1) is 12.2 Å². The number of carboxylic acid groups (broad SMARTS) is 2. The van der Waals surface area contributed by atoms with Crippen molar-refractivity contribution in [1.82, 2.24) is 4.90 Å². The Morgan fingerprint density at radius 2 is 1.27 bits per heavy atom. The third-order valence-electron chi connectivity index (χ3n) is 5.43. The number of nitrogen functional groups attached to an aromatic ring is 1. The average Bonchev–Trinajstić information content (AvgIpc) is 3.50. The highest BCUT2D eigenvalue weighted by Gasteiger charge is 2.38. The number of hydrogen-bond donors (Lipinski definition) is 5. The van der Waals surface area contributed by atoms with Gasteiger partial charge in [-0.3, -0.25) is 10.8 Å². The molecule has 0 aliphatic carbocycles. The van der Waals surface area contributed by atoms with Crippen LogP contribution in [0.4, 0.5) is 26.3 Å². The van der Waals surface area contributed by atoms with Gasteiger partial charge in [-0.2, -0.15) is 26.3 Å². The number of amidine groups is 2. The number of carbonyl (C=O) groups excluding carboxylic acids is 1. The number of likely N-dealkylation sites (tertiary alicyclic amines) is 1. The molecule has 1 heterocycles. The maximum absolute atomic E-state index is 12.3. The number of nitrogens with two attached hydrogens (primary N) is 1. The van der Waals surface area contributed by atoms with Crippen molar-refractivity contribution in [3.05, 3.63) is 59.2 Å². The van der Waals surface area contributed by atoms with Gasteiger partial charge in [-0.1, -0.05) is 12.1 Å². The first kappa shape index (κ1) is 38.0. The molecule has 18 heteroatoms. The highest BCUT2D eigenvalue weighted by molar-refractivity contribution is 5.98. The lowest BCUT2D eigenvalue weighted by atomic mass is 10.1. The third-order valence-corrected chi connectivity index (χ3v) is 5.43. The number of aliphatic carboxylic acids is 2. The lowest BCUT2D eigenvalue weighted by Crippen LogP contribution is -2.27. The minimum absolute atomic E-state index is 0.0556. The molecule has 2 aromatic rings. The molecule has 0 amide bonds. The van der Waals surface area contributed by atoms with Crippen molar-refractivity contribution in [2.24, 2.45) is 5.73 Å². The van der Waals surface area contributed by atoms with Crippen LogP contribution in [0.15, 0.2) is 42.5 Å². The smallest absolute Gasteiger partial charge is 0.490 e. The van der Waals surface area contributed by atoms with Gasteiger partial charge >= 0.3 is 30.3 Å². The Balaban J connectivity index is 0.000000601. The second-order valence-electron chi connectivity index (χ2n) is 8.72. The molecule has 6 N–H and O–H groups in total. The molecule has 0 atom stereocenters. The molecule has 12 nitrogen and oxygen atoms in total. The van der Waals surface area contributed by atoms with Crippen LogP contribution < -0.4 is 15.2 Å². The predicted molar refractivity (Wildman–Crippen MR) is 146 cm³/mol. The zero-order valence-corrected chi connectivity index (χ0v) is 23.6. The van der Waals surface area contributed by atoms with Crippen molar-refractivity contribution >= 4 is 29.6 Å². The summed E-state index contributed by atoms with van der Waals surface area (Å²) in [6.07, 6.45) is -7.94. The minimum Gasteiger partial charge on any atom is -0.490 e. The van der Waals surface area contributed by atoms with E-state index >= 15 is 0 Å². The fourth-order valence-corrected chi connectivity index (χ4v) is 3.32. The normalized spacial score (nSPS) is 12.5. The Labute approximate surface area is 252 Å². The van der Waals surface area contributed by atoms with Crippen LogP contribution in [0.5, 0.6) is 11.5 Å². The van der Waals surface area contributed by atoms with E-state index in [0.717, 1.165) is 31.5 Å². The molecule has 3 rings (SSSR count). The number of esters is 1. The van der Waals surface area contributed by atoms with E-state index in [0.29, 0.717) is 35.1 Å². The molecule has 0 spiro atoms. The van der Waals surface area contributed by atoms with Crippen molar-refractivity contribution < 1.29 is 65.1 Å². The predicted octanol–water partition coefficient (Wildman–Crippen LogP) is 4.29. The Kier molecular flexibility index (Phi) is 14.6. The van der Waals surface area contributed by atoms with Crippen LogP contribution in [0.2, 0.25) is 0 Å². The molecule has 0 aromatic heterocycles. The molecule has 45 heavy (non-hydrogen) atoms. The van der Waals surface area contributed by atoms with Gasteiger partial charge in [0.15, 0.2) is 11.5 Å². The molecule has 0 radical (unpaired) electrons. The molecule has 1 saturated heterocycles. The summed E-state index contributed by atoms with van der Waals surface area (Å²) in [5.74, 6) is -4.57. The molecular weight excluding hydrogens is 622 g/mol. The van der Waals surface area contributed by atoms with E-state index in [4.69, 9.17) is 50.6 Å². The highest BCUT2D eigenvalue weighted by atomic mass is 19.4. The summed E-state index contributed by atoms with van der Waals surface area (Å²) in [7, 11) is 0. The molecular formula is C27H30F6N4O8. The van der Waals surface area contributed by atoms with E-state index in [2.05, 4.69) is 0 Å². The second kappa shape index (κ2) is 17.3. The number of hydrogen-bond acceptors (Lipinski definition) is 8. The highest BCUT2D eigenvalue weighted by Crippen LogP contribution is 2.28. The van der Waals surface area contributed by atoms with Crippen molar-refractivity contribution in [3.63, 3.8) is 0 Å². The summed E-state index contributed by atoms with van der Waals surface area (Å²) in [6, 6.07) is 11.9. The van der Waals surface area contributed by atoms with Crippen LogP contribution in [-0.2, 0) is 14.3 Å². The standard InChI is InChI=1S/C23H28N4O4.2C2HF3O2/c1-2-29-19-10-9-18(21(24)25)15-20(19)30-13-14-31-23(28)17-7-5-16(6-8-17)22(26)27-11-3-4-12-27;2*3-2(4,5)1(6)7/h5-10,15,26H,2-4,11-14H2,1H3,(H3,24,25);2*(H,6,7). The third kappa shape index (κ3) is 13.4. The molecule has 0 bridgehead atoms. The number of nitrogens with zero attached hydrogens (tertiary/aromatic N) is 1. The SMILES string of the molecule is CCOc1ccc(C(=N)N)cc1OCCOC(=O)c1ccc(C(=N)N2CCCC2)cc1.O=C(O)C(F)(F)F.O=C(O)C(F)(F)F. The largest absolute Gasteiger partial charge is 0.490 e. The van der Waals surface area contributed by atoms with Crippen LogP contribution in [0.1, 0.15) is 41.3 Å². The fourth-order valence-electron chi connectivity index (χ4n) is 3.32. The number of carbonyl (C=O) groups is 3. The van der Waals surface area contributed by atoms with Gasteiger partial charge in [0.25, 0.3) is 0 Å². The first-order valence-corrected chi connectivity index (χ1v) is 12.8. The summed E-state index contributed by atoms with van der Waals surface area (Å²) in [5, 5.41) is 30.1. The Morgan fingerprint density at radius 3 is 1.71 bits per heavy atom. The van der Waals surface area contributed by atoms with Gasteiger partial charge in [-0.25, -0.2) is 14.4 Å². The zero-order valence-electron chi connectivity index (χ0n) is 23.6. The number of benzene rings is 2. The summed E-state index contributed by atoms with van der Waals surface area (Å²) in [4.78, 5) is 32.1. The van der Waals surface area contributed by atoms with E-state index < -0.39 is 30.3 Å². The molecule has 248 valence electrons. The summed E-state index contributed by atoms with van der Waals surface area (Å²) < 4.78 is 80.0. The Morgan fingerprint density at radius 1 is 0.800 bits per heavy atom. The maximum Gasteiger partial charge on any atom is 0.490 e. The van der Waals surface area contributed by atoms with Gasteiger partial charge in [-0.15, -0.1) is 0 Å². The number of carboxylic acids is 2. The molecule has 1 fully saturated rings. The van der Waals surface area contributed by atoms with Gasteiger partial charge < -0.3 is 35.1 Å². The van der Waals surface area contributed by atoms with Crippen molar-refractivity contribution in [2.75, 3.05) is 32.9 Å². The van der Waals surface area contributed by atoms with Gasteiger partial charge in [0.2, 0.25) is 0 Å². The van der Waals surface area contributed by atoms with Crippen LogP contribution in [-0.4, -0.2) is 90.0 Å². The van der Waals surface area contributed by atoms with Crippen LogP contribution in [0.25, 0.3) is 0 Å². The van der Waals surface area contributed by atoms with E-state index in [1.54, 1.807) is 42.5 Å². The number of alkyl halides is 6. The minimum atomic E-state index is -5.08. The van der Waals surface area contributed by atoms with Gasteiger partial charge in [0, 0.05) is 24.2 Å². The molecule has 1 aliphatic rings. The van der Waals surface area contributed by atoms with Gasteiger partial charge in [0.1, 0.15) is 24.9 Å². The lowest BCUT2D eigenvalue weighted by molar-refractivity contribution is -0.193. The van der Waals surface area contributed by atoms with Crippen molar-refractivity contribution in [3.8, 4) is 11.5 Å². The van der Waals surface area contributed by atoms with Crippen LogP contribution in [0.3, 0.4) is 0 Å². The molecule has 0 unspecified atom stereocenters. The first-order valence-electron chi connectivity index (χ1n) is 12.8. The van der Waals surface area contributed by atoms with E-state index in [1.807, 2.05) is 11.8 Å². The van der Waals surface area contributed by atoms with Gasteiger partial charge in [-0.05, 0) is 50.1 Å². The lowest BCUT2D eigenvalue weighted by Gasteiger charge is -2.18. The van der Waals surface area contributed by atoms with E-state index in [-0.39, 0.29) is 19.0 Å². The quantitative estimate of drug-likeness (QED) is 0.0857. The fraction of sp³-hybridized carbons (Fsp3) is 0.370.